The number of aryl methyl sites for hydroxylation is 1. The molecule has 0 unspecified atom stereocenters. The van der Waals surface area contributed by atoms with Crippen molar-refractivity contribution in [2.24, 2.45) is 0 Å². The number of nitrogen functional groups attached to an aromatic ring is 2. The Bertz CT molecular complexity index is 651. The van der Waals surface area contributed by atoms with Crippen molar-refractivity contribution >= 4 is 17.3 Å². The second-order valence-corrected chi connectivity index (χ2v) is 4.78. The van der Waals surface area contributed by atoms with Crippen LogP contribution in [0.25, 0.3) is 0 Å². The molecule has 0 radical (unpaired) electrons. The monoisotopic (exact) mass is 285 g/mol. The molecule has 0 aliphatic heterocycles. The van der Waals surface area contributed by atoms with E-state index in [1.54, 1.807) is 37.4 Å². The van der Waals surface area contributed by atoms with Gasteiger partial charge in [-0.05, 0) is 48.4 Å². The molecule has 0 fully saturated rings. The molecule has 0 heterocycles. The fraction of sp³-hybridized carbons (Fsp3) is 0.188. The molecule has 0 bridgehead atoms. The van der Waals surface area contributed by atoms with Crippen molar-refractivity contribution in [3.8, 4) is 5.75 Å². The van der Waals surface area contributed by atoms with E-state index in [2.05, 4.69) is 5.32 Å². The maximum Gasteiger partial charge on any atom is 0.251 e. The standard InChI is InChI=1S/C16H19N3O2/c1-10-3-8-14(17)15(18)13(10)9-19-16(20)11-4-6-12(21-2)7-5-11/h3-8H,9,17-18H2,1-2H3,(H,19,20). The largest absolute Gasteiger partial charge is 0.497 e. The number of amides is 1. The van der Waals surface area contributed by atoms with E-state index >= 15 is 0 Å². The maximum atomic E-state index is 12.1. The quantitative estimate of drug-likeness (QED) is 0.750. The third-order valence-electron chi connectivity index (χ3n) is 3.40. The zero-order valence-corrected chi connectivity index (χ0v) is 12.1. The number of ether oxygens (including phenoxy) is 1. The van der Waals surface area contributed by atoms with Crippen molar-refractivity contribution in [2.45, 2.75) is 13.5 Å². The number of nitrogens with one attached hydrogen (secondary N) is 1. The highest BCUT2D eigenvalue weighted by atomic mass is 16.5. The van der Waals surface area contributed by atoms with E-state index in [1.807, 2.05) is 13.0 Å². The molecule has 2 aromatic rings. The Labute approximate surface area is 123 Å². The number of hydrogen-bond acceptors (Lipinski definition) is 4. The second-order valence-electron chi connectivity index (χ2n) is 4.78. The number of rotatable bonds is 4. The van der Waals surface area contributed by atoms with Crippen molar-refractivity contribution < 1.29 is 9.53 Å². The van der Waals surface area contributed by atoms with E-state index in [0.717, 1.165) is 11.1 Å². The molecule has 21 heavy (non-hydrogen) atoms. The molecule has 1 amide bonds. The zero-order valence-electron chi connectivity index (χ0n) is 12.1. The van der Waals surface area contributed by atoms with Gasteiger partial charge in [-0.2, -0.15) is 0 Å². The summed E-state index contributed by atoms with van der Waals surface area (Å²) in [4.78, 5) is 12.1. The van der Waals surface area contributed by atoms with Crippen LogP contribution in [0.5, 0.6) is 5.75 Å². The summed E-state index contributed by atoms with van der Waals surface area (Å²) < 4.78 is 5.06. The van der Waals surface area contributed by atoms with Gasteiger partial charge in [0.15, 0.2) is 0 Å². The summed E-state index contributed by atoms with van der Waals surface area (Å²) in [5.74, 6) is 0.543. The number of methoxy groups -OCH3 is 1. The highest BCUT2D eigenvalue weighted by Crippen LogP contribution is 2.23. The first-order valence-electron chi connectivity index (χ1n) is 6.58. The molecule has 0 saturated heterocycles. The Morgan fingerprint density at radius 1 is 1.14 bits per heavy atom. The minimum absolute atomic E-state index is 0.168. The highest BCUT2D eigenvalue weighted by molar-refractivity contribution is 5.94. The van der Waals surface area contributed by atoms with E-state index < -0.39 is 0 Å². The number of benzene rings is 2. The highest BCUT2D eigenvalue weighted by Gasteiger charge is 2.10. The van der Waals surface area contributed by atoms with Crippen molar-refractivity contribution in [1.82, 2.24) is 5.32 Å². The molecule has 0 spiro atoms. The summed E-state index contributed by atoms with van der Waals surface area (Å²) >= 11 is 0. The lowest BCUT2D eigenvalue weighted by Crippen LogP contribution is -2.24. The average Bonchev–Trinajstić information content (AvgIpc) is 2.51. The van der Waals surface area contributed by atoms with Crippen molar-refractivity contribution in [2.75, 3.05) is 18.6 Å². The molecule has 5 heteroatoms. The van der Waals surface area contributed by atoms with Crippen LogP contribution in [0.4, 0.5) is 11.4 Å². The SMILES string of the molecule is COc1ccc(C(=O)NCc2c(C)ccc(N)c2N)cc1. The predicted molar refractivity (Wildman–Crippen MR) is 84.2 cm³/mol. The summed E-state index contributed by atoms with van der Waals surface area (Å²) in [6.45, 7) is 2.28. The Kier molecular flexibility index (Phi) is 4.33. The Hall–Kier alpha value is -2.69. The van der Waals surface area contributed by atoms with Gasteiger partial charge in [0.25, 0.3) is 5.91 Å². The van der Waals surface area contributed by atoms with Gasteiger partial charge in [-0.1, -0.05) is 6.07 Å². The van der Waals surface area contributed by atoms with Gasteiger partial charge in [-0.25, -0.2) is 0 Å². The minimum atomic E-state index is -0.168. The lowest BCUT2D eigenvalue weighted by Gasteiger charge is -2.13. The Balaban J connectivity index is 2.09. The molecule has 0 saturated carbocycles. The van der Waals surface area contributed by atoms with Crippen LogP contribution in [0.2, 0.25) is 0 Å². The summed E-state index contributed by atoms with van der Waals surface area (Å²) in [6, 6.07) is 10.6. The molecule has 2 aromatic carbocycles. The van der Waals surface area contributed by atoms with Gasteiger partial charge in [0.05, 0.1) is 18.5 Å². The predicted octanol–water partition coefficient (Wildman–Crippen LogP) is 2.10. The molecule has 0 aliphatic carbocycles. The molecule has 110 valence electrons. The fourth-order valence-electron chi connectivity index (χ4n) is 2.04. The Morgan fingerprint density at radius 2 is 1.81 bits per heavy atom. The van der Waals surface area contributed by atoms with E-state index in [1.165, 1.54) is 0 Å². The average molecular weight is 285 g/mol. The van der Waals surface area contributed by atoms with Gasteiger partial charge in [-0.15, -0.1) is 0 Å². The molecular weight excluding hydrogens is 266 g/mol. The van der Waals surface area contributed by atoms with Gasteiger partial charge >= 0.3 is 0 Å². The van der Waals surface area contributed by atoms with Gasteiger partial charge in [0, 0.05) is 12.1 Å². The van der Waals surface area contributed by atoms with Crippen LogP contribution < -0.4 is 21.5 Å². The minimum Gasteiger partial charge on any atom is -0.497 e. The first-order chi connectivity index (χ1) is 10.0. The van der Waals surface area contributed by atoms with Crippen molar-refractivity contribution in [3.05, 3.63) is 53.1 Å². The van der Waals surface area contributed by atoms with Crippen molar-refractivity contribution in [3.63, 3.8) is 0 Å². The van der Waals surface area contributed by atoms with Gasteiger partial charge in [0.1, 0.15) is 5.75 Å². The van der Waals surface area contributed by atoms with E-state index in [4.69, 9.17) is 16.2 Å². The lowest BCUT2D eigenvalue weighted by atomic mass is 10.0. The summed E-state index contributed by atoms with van der Waals surface area (Å²) in [7, 11) is 1.58. The third-order valence-corrected chi connectivity index (χ3v) is 3.40. The molecule has 0 aromatic heterocycles. The normalized spacial score (nSPS) is 10.2. The van der Waals surface area contributed by atoms with Crippen LogP contribution in [0, 0.1) is 6.92 Å². The molecule has 2 rings (SSSR count). The third kappa shape index (κ3) is 3.25. The topological polar surface area (TPSA) is 90.4 Å². The van der Waals surface area contributed by atoms with Crippen LogP contribution in [-0.2, 0) is 6.54 Å². The van der Waals surface area contributed by atoms with Crippen molar-refractivity contribution in [1.29, 1.82) is 0 Å². The van der Waals surface area contributed by atoms with E-state index in [-0.39, 0.29) is 5.91 Å². The second kappa shape index (κ2) is 6.17. The Morgan fingerprint density at radius 3 is 2.43 bits per heavy atom. The summed E-state index contributed by atoms with van der Waals surface area (Å²) in [5, 5.41) is 2.85. The molecule has 0 aliphatic rings. The maximum absolute atomic E-state index is 12.1. The van der Waals surface area contributed by atoms with Crippen LogP contribution in [0.3, 0.4) is 0 Å². The number of carbonyl (C=O) groups is 1. The summed E-state index contributed by atoms with van der Waals surface area (Å²) in [6.07, 6.45) is 0. The lowest BCUT2D eigenvalue weighted by molar-refractivity contribution is 0.0951. The fourth-order valence-corrected chi connectivity index (χ4v) is 2.04. The smallest absolute Gasteiger partial charge is 0.251 e. The van der Waals surface area contributed by atoms with Crippen LogP contribution >= 0.6 is 0 Å². The van der Waals surface area contributed by atoms with Crippen LogP contribution in [0.1, 0.15) is 21.5 Å². The molecule has 0 atom stereocenters. The molecule has 5 nitrogen and oxygen atoms in total. The van der Waals surface area contributed by atoms with Gasteiger partial charge in [0.2, 0.25) is 0 Å². The first kappa shape index (κ1) is 14.7. The number of carbonyl (C=O) groups excluding carboxylic acids is 1. The van der Waals surface area contributed by atoms with E-state index in [9.17, 15) is 4.79 Å². The van der Waals surface area contributed by atoms with Gasteiger partial charge < -0.3 is 21.5 Å². The van der Waals surface area contributed by atoms with Crippen LogP contribution in [-0.4, -0.2) is 13.0 Å². The van der Waals surface area contributed by atoms with Crippen LogP contribution in [0.15, 0.2) is 36.4 Å². The molecule has 5 N–H and O–H groups in total. The summed E-state index contributed by atoms with van der Waals surface area (Å²) in [5.41, 5.74) is 15.2. The number of nitrogens with two attached hydrogens (primary N) is 2. The van der Waals surface area contributed by atoms with Gasteiger partial charge in [-0.3, -0.25) is 4.79 Å². The zero-order chi connectivity index (χ0) is 15.4. The molecular formula is C16H19N3O2. The van der Waals surface area contributed by atoms with E-state index in [0.29, 0.717) is 29.2 Å². The number of hydrogen-bond donors (Lipinski definition) is 3. The number of anilines is 2. The first-order valence-corrected chi connectivity index (χ1v) is 6.58.